The third-order valence-corrected chi connectivity index (χ3v) is 18.0. The summed E-state index contributed by atoms with van der Waals surface area (Å²) >= 11 is 3.71. The van der Waals surface area contributed by atoms with Crippen LogP contribution < -0.4 is 9.80 Å². The van der Waals surface area contributed by atoms with Crippen LogP contribution in [0, 0.1) is 0 Å². The number of hydrogen-bond donors (Lipinski definition) is 0. The number of para-hydroxylation sites is 2. The number of hydrogen-bond acceptors (Lipinski definition) is 4. The van der Waals surface area contributed by atoms with E-state index < -0.39 is 0 Å². The zero-order chi connectivity index (χ0) is 50.6. The highest BCUT2D eigenvalue weighted by Gasteiger charge is 2.27. The average molecular weight is 1020 g/mol. The number of thiophene rings is 2. The second-order valence-corrected chi connectivity index (χ2v) is 22.1. The van der Waals surface area contributed by atoms with Crippen LogP contribution in [0.2, 0.25) is 0 Å². The van der Waals surface area contributed by atoms with Gasteiger partial charge in [-0.05, 0) is 130 Å². The Morgan fingerprint density at radius 2 is 0.688 bits per heavy atom. The normalized spacial score (nSPS) is 11.9. The molecule has 0 unspecified atom stereocenters. The molecule has 3 aromatic heterocycles. The highest BCUT2D eigenvalue weighted by molar-refractivity contribution is 7.26. The topological polar surface area (TPSA) is 11.4 Å². The largest absolute Gasteiger partial charge is 0.310 e. The van der Waals surface area contributed by atoms with E-state index in [0.29, 0.717) is 0 Å². The van der Waals surface area contributed by atoms with Crippen molar-refractivity contribution in [2.24, 2.45) is 0 Å². The highest BCUT2D eigenvalue weighted by Crippen LogP contribution is 2.51. The number of fused-ring (bicyclic) bond motifs is 14. The van der Waals surface area contributed by atoms with E-state index in [2.05, 4.69) is 287 Å². The summed E-state index contributed by atoms with van der Waals surface area (Å²) in [7, 11) is 0. The van der Waals surface area contributed by atoms with Crippen molar-refractivity contribution >= 4 is 151 Å². The molecule has 0 aliphatic carbocycles. The molecule has 0 spiro atoms. The molecule has 0 atom stereocenters. The van der Waals surface area contributed by atoms with Crippen molar-refractivity contribution in [2.45, 2.75) is 0 Å². The molecule has 360 valence electrons. The van der Waals surface area contributed by atoms with Crippen molar-refractivity contribution in [2.75, 3.05) is 9.80 Å². The lowest BCUT2D eigenvalue weighted by Gasteiger charge is -2.27. The van der Waals surface area contributed by atoms with Gasteiger partial charge in [-0.1, -0.05) is 176 Å². The van der Waals surface area contributed by atoms with E-state index in [1.165, 1.54) is 94.6 Å². The SMILES string of the molecule is c1ccc(N(c2ccc3sc4ccccc4c3c2)c2cc3c(c4ccccc24)c2c4ccccc4c(N(c4ccccc4)c4ccc5sc6ccccc6c5c4)cc2n3-c2ccc(-c3cccc4ccccc34)cc2)cc1. The van der Waals surface area contributed by atoms with Crippen molar-refractivity contribution in [3.8, 4) is 16.8 Å². The standard InChI is InChI=1S/C72H45N3S2/c1-3-20-48(21-4-1)73(51-38-40-69-61(42-51)57-27-13-15-32-67(57)76-69)63-44-65-71(59-29-11-9-25-55(59)63)72-60-30-12-10-26-56(60)64(45-66(72)75(65)50-36-34-47(35-37-50)54-31-17-19-46-18-7-8-24-53(46)54)74(49-22-5-2-6-23-49)52-39-41-70-62(43-52)58-28-14-16-33-68(58)77-70/h1-45H. The molecule has 13 aromatic carbocycles. The zero-order valence-corrected chi connectivity index (χ0v) is 43.3. The molecule has 16 aromatic rings. The van der Waals surface area contributed by atoms with E-state index >= 15 is 0 Å². The van der Waals surface area contributed by atoms with Crippen LogP contribution in [0.25, 0.3) is 111 Å². The maximum atomic E-state index is 2.54. The van der Waals surface area contributed by atoms with Gasteiger partial charge in [0.05, 0.1) is 22.4 Å². The molecule has 3 heterocycles. The van der Waals surface area contributed by atoms with Crippen molar-refractivity contribution in [3.63, 3.8) is 0 Å². The Labute approximate surface area is 452 Å². The second kappa shape index (κ2) is 17.5. The van der Waals surface area contributed by atoms with Crippen LogP contribution in [0.15, 0.2) is 273 Å². The van der Waals surface area contributed by atoms with E-state index in [9.17, 15) is 0 Å². The van der Waals surface area contributed by atoms with Gasteiger partial charge < -0.3 is 14.4 Å². The van der Waals surface area contributed by atoms with Crippen molar-refractivity contribution < 1.29 is 0 Å². The third kappa shape index (κ3) is 6.95. The summed E-state index contributed by atoms with van der Waals surface area (Å²) < 4.78 is 7.71. The summed E-state index contributed by atoms with van der Waals surface area (Å²) in [5.41, 5.74) is 12.4. The van der Waals surface area contributed by atoms with Gasteiger partial charge in [-0.2, -0.15) is 0 Å². The summed E-state index contributed by atoms with van der Waals surface area (Å²) in [6.45, 7) is 0. The van der Waals surface area contributed by atoms with Gasteiger partial charge in [-0.25, -0.2) is 0 Å². The Bertz CT molecular complexity index is 4730. The van der Waals surface area contributed by atoms with Gasteiger partial charge in [-0.3, -0.25) is 0 Å². The lowest BCUT2D eigenvalue weighted by atomic mass is 9.96. The molecule has 77 heavy (non-hydrogen) atoms. The van der Waals surface area contributed by atoms with Gasteiger partial charge in [0.1, 0.15) is 0 Å². The first-order chi connectivity index (χ1) is 38.2. The number of aromatic nitrogens is 1. The van der Waals surface area contributed by atoms with Crippen LogP contribution in [0.3, 0.4) is 0 Å². The molecular weight excluding hydrogens is 971 g/mol. The minimum Gasteiger partial charge on any atom is -0.310 e. The molecule has 0 saturated heterocycles. The quantitative estimate of drug-likeness (QED) is 0.150. The monoisotopic (exact) mass is 1020 g/mol. The summed E-state index contributed by atoms with van der Waals surface area (Å²) in [5.74, 6) is 0. The van der Waals surface area contributed by atoms with Crippen molar-refractivity contribution in [1.29, 1.82) is 0 Å². The zero-order valence-electron chi connectivity index (χ0n) is 41.6. The molecule has 0 amide bonds. The predicted molar refractivity (Wildman–Crippen MR) is 334 cm³/mol. The average Bonchev–Trinajstić information content (AvgIpc) is 4.30. The summed E-state index contributed by atoms with van der Waals surface area (Å²) in [5, 5.41) is 14.8. The maximum absolute atomic E-state index is 2.54. The Hall–Kier alpha value is -9.52. The van der Waals surface area contributed by atoms with Crippen LogP contribution in [0.5, 0.6) is 0 Å². The van der Waals surface area contributed by atoms with E-state index in [-0.39, 0.29) is 0 Å². The smallest absolute Gasteiger partial charge is 0.0568 e. The highest BCUT2D eigenvalue weighted by atomic mass is 32.1. The van der Waals surface area contributed by atoms with E-state index in [0.717, 1.165) is 50.8 Å². The Kier molecular flexibility index (Phi) is 9.99. The summed E-state index contributed by atoms with van der Waals surface area (Å²) in [4.78, 5) is 4.95. The van der Waals surface area contributed by atoms with E-state index in [1.807, 2.05) is 22.7 Å². The van der Waals surface area contributed by atoms with Crippen LogP contribution in [0.1, 0.15) is 0 Å². The van der Waals surface area contributed by atoms with Crippen molar-refractivity contribution in [3.05, 3.63) is 273 Å². The molecular formula is C72H45N3S2. The summed E-state index contributed by atoms with van der Waals surface area (Å²) in [6.07, 6.45) is 0. The van der Waals surface area contributed by atoms with Crippen LogP contribution in [-0.2, 0) is 0 Å². The minimum atomic E-state index is 1.09. The number of anilines is 6. The van der Waals surface area contributed by atoms with Gasteiger partial charge in [0.15, 0.2) is 0 Å². The third-order valence-electron chi connectivity index (χ3n) is 15.7. The van der Waals surface area contributed by atoms with E-state index in [1.54, 1.807) is 0 Å². The Balaban J connectivity index is 1.02. The van der Waals surface area contributed by atoms with Crippen LogP contribution in [0.4, 0.5) is 34.1 Å². The van der Waals surface area contributed by atoms with Gasteiger partial charge in [0.25, 0.3) is 0 Å². The Morgan fingerprint density at radius 1 is 0.273 bits per heavy atom. The molecule has 0 N–H and O–H groups in total. The molecule has 0 radical (unpaired) electrons. The maximum Gasteiger partial charge on any atom is 0.0568 e. The van der Waals surface area contributed by atoms with Crippen molar-refractivity contribution in [1.82, 2.24) is 4.57 Å². The first-order valence-electron chi connectivity index (χ1n) is 26.2. The number of rotatable bonds is 8. The lowest BCUT2D eigenvalue weighted by Crippen LogP contribution is -2.11. The molecule has 0 aliphatic heterocycles. The van der Waals surface area contributed by atoms with Crippen LogP contribution in [-0.4, -0.2) is 4.57 Å². The molecule has 0 saturated carbocycles. The van der Waals surface area contributed by atoms with E-state index in [4.69, 9.17) is 0 Å². The predicted octanol–water partition coefficient (Wildman–Crippen LogP) is 21.6. The molecule has 0 bridgehead atoms. The Morgan fingerprint density at radius 3 is 1.21 bits per heavy atom. The molecule has 3 nitrogen and oxygen atoms in total. The molecule has 16 rings (SSSR count). The number of benzene rings is 13. The number of nitrogens with zero attached hydrogens (tertiary/aromatic N) is 3. The minimum absolute atomic E-state index is 1.09. The van der Waals surface area contributed by atoms with Crippen LogP contribution >= 0.6 is 22.7 Å². The summed E-state index contributed by atoms with van der Waals surface area (Å²) in [6, 6.07) is 101. The molecule has 5 heteroatoms. The fourth-order valence-corrected chi connectivity index (χ4v) is 14.5. The van der Waals surface area contributed by atoms with Gasteiger partial charge in [-0.15, -0.1) is 22.7 Å². The van der Waals surface area contributed by atoms with Gasteiger partial charge >= 0.3 is 0 Å². The fourth-order valence-electron chi connectivity index (χ4n) is 12.3. The van der Waals surface area contributed by atoms with Gasteiger partial charge in [0.2, 0.25) is 0 Å². The molecule has 0 fully saturated rings. The first-order valence-corrected chi connectivity index (χ1v) is 27.9. The fraction of sp³-hybridized carbons (Fsp3) is 0. The second-order valence-electron chi connectivity index (χ2n) is 20.0. The molecule has 0 aliphatic rings. The first kappa shape index (κ1) is 43.8. The van der Waals surface area contributed by atoms with Gasteiger partial charge in [0, 0.05) is 90.3 Å². The lowest BCUT2D eigenvalue weighted by molar-refractivity contribution is 1.18.